The van der Waals surface area contributed by atoms with Gasteiger partial charge in [-0.1, -0.05) is 0 Å². The van der Waals surface area contributed by atoms with E-state index in [9.17, 15) is 8.78 Å². The van der Waals surface area contributed by atoms with Crippen LogP contribution in [0.5, 0.6) is 0 Å². The number of halogens is 3. The summed E-state index contributed by atoms with van der Waals surface area (Å²) >= 11 is 1.72. The molecule has 1 N–H and O–H groups in total. The second kappa shape index (κ2) is 11.3. The molecule has 2 fully saturated rings. The van der Waals surface area contributed by atoms with E-state index in [0.717, 1.165) is 48.9 Å². The monoisotopic (exact) mass is 562 g/mol. The van der Waals surface area contributed by atoms with Crippen LogP contribution in [0.1, 0.15) is 18.5 Å². The van der Waals surface area contributed by atoms with Gasteiger partial charge in [-0.3, -0.25) is 4.99 Å². The average Bonchev–Trinajstić information content (AvgIpc) is 3.45. The number of anilines is 2. The summed E-state index contributed by atoms with van der Waals surface area (Å²) in [5.41, 5.74) is 1.44. The van der Waals surface area contributed by atoms with Gasteiger partial charge in [-0.05, 0) is 25.0 Å². The van der Waals surface area contributed by atoms with Gasteiger partial charge >= 0.3 is 0 Å². The second-order valence-electron chi connectivity index (χ2n) is 7.61. The van der Waals surface area contributed by atoms with Crippen LogP contribution in [0, 0.1) is 11.6 Å². The fourth-order valence-electron chi connectivity index (χ4n) is 3.99. The molecule has 170 valence electrons. The Labute approximate surface area is 203 Å². The van der Waals surface area contributed by atoms with Crippen LogP contribution in [-0.2, 0) is 6.42 Å². The van der Waals surface area contributed by atoms with E-state index in [1.807, 2.05) is 4.90 Å². The van der Waals surface area contributed by atoms with Crippen molar-refractivity contribution in [1.29, 1.82) is 0 Å². The highest BCUT2D eigenvalue weighted by molar-refractivity contribution is 14.0. The Balaban J connectivity index is 0.00000272. The van der Waals surface area contributed by atoms with Crippen LogP contribution in [0.3, 0.4) is 0 Å². The highest BCUT2D eigenvalue weighted by atomic mass is 127. The molecule has 2 aliphatic heterocycles. The first kappa shape index (κ1) is 24.0. The molecular formula is C21H29F2IN6S. The Hall–Kier alpha value is -1.69. The first-order valence-electron chi connectivity index (χ1n) is 10.5. The molecule has 3 heterocycles. The highest BCUT2D eigenvalue weighted by Crippen LogP contribution is 2.24. The van der Waals surface area contributed by atoms with E-state index >= 15 is 0 Å². The number of guanidine groups is 1. The number of nitrogens with one attached hydrogen (secondary N) is 1. The molecule has 10 heteroatoms. The first-order chi connectivity index (χ1) is 14.6. The number of hydrogen-bond donors (Lipinski definition) is 1. The molecule has 2 aliphatic rings. The molecule has 1 aromatic heterocycles. The van der Waals surface area contributed by atoms with Gasteiger partial charge in [0.15, 0.2) is 11.1 Å². The molecule has 0 saturated carbocycles. The Morgan fingerprint density at radius 3 is 2.55 bits per heavy atom. The summed E-state index contributed by atoms with van der Waals surface area (Å²) in [5, 5.41) is 6.69. The molecule has 0 spiro atoms. The molecule has 1 aromatic carbocycles. The van der Waals surface area contributed by atoms with Crippen LogP contribution in [0.2, 0.25) is 0 Å². The fourth-order valence-corrected chi connectivity index (χ4v) is 4.90. The Bertz CT molecular complexity index is 879. The average molecular weight is 562 g/mol. The summed E-state index contributed by atoms with van der Waals surface area (Å²) in [6.45, 7) is 5.62. The zero-order chi connectivity index (χ0) is 20.9. The molecule has 2 saturated heterocycles. The molecular weight excluding hydrogens is 533 g/mol. The van der Waals surface area contributed by atoms with E-state index in [2.05, 4.69) is 25.5 Å². The zero-order valence-corrected chi connectivity index (χ0v) is 20.8. The Kier molecular flexibility index (Phi) is 8.70. The van der Waals surface area contributed by atoms with Crippen molar-refractivity contribution in [3.05, 3.63) is 40.9 Å². The molecule has 4 rings (SSSR count). The third-order valence-electron chi connectivity index (χ3n) is 5.62. The second-order valence-corrected chi connectivity index (χ2v) is 8.45. The lowest BCUT2D eigenvalue weighted by Gasteiger charge is -2.37. The molecule has 6 nitrogen and oxygen atoms in total. The number of thiazole rings is 1. The minimum Gasteiger partial charge on any atom is -0.366 e. The maximum Gasteiger partial charge on any atom is 0.193 e. The topological polar surface area (TPSA) is 47.0 Å². The zero-order valence-electron chi connectivity index (χ0n) is 17.7. The van der Waals surface area contributed by atoms with Gasteiger partial charge in [-0.2, -0.15) is 0 Å². The lowest BCUT2D eigenvalue weighted by Crippen LogP contribution is -2.53. The van der Waals surface area contributed by atoms with Crippen LogP contribution in [0.4, 0.5) is 19.6 Å². The van der Waals surface area contributed by atoms with E-state index in [1.165, 1.54) is 25.0 Å². The van der Waals surface area contributed by atoms with Crippen molar-refractivity contribution in [2.24, 2.45) is 4.99 Å². The van der Waals surface area contributed by atoms with Gasteiger partial charge in [0.25, 0.3) is 0 Å². The molecule has 0 atom stereocenters. The predicted octanol–water partition coefficient (Wildman–Crippen LogP) is 3.58. The lowest BCUT2D eigenvalue weighted by molar-refractivity contribution is 0.371. The third kappa shape index (κ3) is 5.97. The van der Waals surface area contributed by atoms with Crippen LogP contribution < -0.4 is 15.1 Å². The van der Waals surface area contributed by atoms with E-state index in [1.54, 1.807) is 18.4 Å². The Morgan fingerprint density at radius 2 is 1.84 bits per heavy atom. The van der Waals surface area contributed by atoms with E-state index < -0.39 is 5.82 Å². The van der Waals surface area contributed by atoms with Gasteiger partial charge in [0.2, 0.25) is 0 Å². The van der Waals surface area contributed by atoms with Gasteiger partial charge in [0, 0.05) is 70.7 Å². The summed E-state index contributed by atoms with van der Waals surface area (Å²) in [7, 11) is 1.77. The maximum atomic E-state index is 14.0. The van der Waals surface area contributed by atoms with Gasteiger partial charge in [0.05, 0.1) is 11.4 Å². The number of aliphatic imine (C=N–C) groups is 1. The molecule has 2 aromatic rings. The first-order valence-corrected chi connectivity index (χ1v) is 11.4. The number of benzene rings is 1. The maximum absolute atomic E-state index is 14.0. The van der Waals surface area contributed by atoms with Crippen molar-refractivity contribution in [3.63, 3.8) is 0 Å². The van der Waals surface area contributed by atoms with Gasteiger partial charge in [-0.25, -0.2) is 13.8 Å². The number of rotatable bonds is 5. The van der Waals surface area contributed by atoms with Crippen LogP contribution in [0.15, 0.2) is 28.6 Å². The van der Waals surface area contributed by atoms with Crippen molar-refractivity contribution < 1.29 is 8.78 Å². The number of aromatic nitrogens is 1. The molecule has 0 bridgehead atoms. The highest BCUT2D eigenvalue weighted by Gasteiger charge is 2.22. The van der Waals surface area contributed by atoms with Crippen LogP contribution in [0.25, 0.3) is 0 Å². The van der Waals surface area contributed by atoms with Crippen molar-refractivity contribution in [2.75, 3.05) is 62.7 Å². The SMILES string of the molecule is CN=C(NCCc1csc(N2CCCC2)n1)N1CCN(c2cc(F)ccc2F)CC1.I. The smallest absolute Gasteiger partial charge is 0.193 e. The van der Waals surface area contributed by atoms with Gasteiger partial charge in [-0.15, -0.1) is 35.3 Å². The van der Waals surface area contributed by atoms with Crippen LogP contribution in [-0.4, -0.2) is 68.7 Å². The summed E-state index contributed by atoms with van der Waals surface area (Å²) in [4.78, 5) is 15.6. The normalized spacial score (nSPS) is 17.1. The summed E-state index contributed by atoms with van der Waals surface area (Å²) in [6.07, 6.45) is 3.36. The summed E-state index contributed by atoms with van der Waals surface area (Å²) < 4.78 is 27.5. The molecule has 0 amide bonds. The van der Waals surface area contributed by atoms with E-state index in [4.69, 9.17) is 4.98 Å². The Morgan fingerprint density at radius 1 is 1.10 bits per heavy atom. The molecule has 31 heavy (non-hydrogen) atoms. The minimum absolute atomic E-state index is 0. The third-order valence-corrected chi connectivity index (χ3v) is 6.57. The largest absolute Gasteiger partial charge is 0.366 e. The number of hydrogen-bond acceptors (Lipinski definition) is 5. The van der Waals surface area contributed by atoms with Crippen molar-refractivity contribution in [1.82, 2.24) is 15.2 Å². The van der Waals surface area contributed by atoms with Crippen LogP contribution >= 0.6 is 35.3 Å². The lowest BCUT2D eigenvalue weighted by atomic mass is 10.2. The van der Waals surface area contributed by atoms with E-state index in [0.29, 0.717) is 31.9 Å². The van der Waals surface area contributed by atoms with Crippen molar-refractivity contribution in [2.45, 2.75) is 19.3 Å². The minimum atomic E-state index is -0.416. The van der Waals surface area contributed by atoms with Crippen molar-refractivity contribution >= 4 is 52.1 Å². The summed E-state index contributed by atoms with van der Waals surface area (Å²) in [6, 6.07) is 3.60. The molecule has 0 aliphatic carbocycles. The number of piperazine rings is 1. The fraction of sp³-hybridized carbons (Fsp3) is 0.524. The van der Waals surface area contributed by atoms with Gasteiger partial charge < -0.3 is 20.0 Å². The predicted molar refractivity (Wildman–Crippen MR) is 134 cm³/mol. The van der Waals surface area contributed by atoms with E-state index in [-0.39, 0.29) is 29.8 Å². The molecule has 0 unspecified atom stereocenters. The quantitative estimate of drug-likeness (QED) is 0.343. The van der Waals surface area contributed by atoms with Crippen molar-refractivity contribution in [3.8, 4) is 0 Å². The number of nitrogens with zero attached hydrogens (tertiary/aromatic N) is 5. The standard InChI is InChI=1S/C21H28F2N6S.HI/c1-24-20(25-7-6-17-15-30-21(26-17)29-8-2-3-9-29)28-12-10-27(11-13-28)19-14-16(22)4-5-18(19)23;/h4-5,14-15H,2-3,6-13H2,1H3,(H,24,25);1H. The van der Waals surface area contributed by atoms with Gasteiger partial charge in [0.1, 0.15) is 11.6 Å². The molecule has 0 radical (unpaired) electrons. The summed E-state index contributed by atoms with van der Waals surface area (Å²) in [5.74, 6) is 0.0366.